The lowest BCUT2D eigenvalue weighted by Crippen LogP contribution is -2.31. The van der Waals surface area contributed by atoms with Crippen LogP contribution in [0.1, 0.15) is 24.0 Å². The molecule has 9 heteroatoms. The van der Waals surface area contributed by atoms with Crippen LogP contribution in [0.15, 0.2) is 74.8 Å². The number of oxazole rings is 1. The van der Waals surface area contributed by atoms with Crippen molar-refractivity contribution in [1.82, 2.24) is 4.98 Å². The summed E-state index contributed by atoms with van der Waals surface area (Å²) in [6.07, 6.45) is 3.29. The summed E-state index contributed by atoms with van der Waals surface area (Å²) < 4.78 is 33.7. The molecule has 0 bridgehead atoms. The molecule has 146 valence electrons. The van der Waals surface area contributed by atoms with Crippen molar-refractivity contribution in [2.75, 3.05) is 16.2 Å². The number of rotatable bonds is 7. The zero-order chi connectivity index (χ0) is 20.1. The summed E-state index contributed by atoms with van der Waals surface area (Å²) in [6.45, 7) is 2.24. The van der Waals surface area contributed by atoms with E-state index in [4.69, 9.17) is 4.42 Å². The normalized spacial score (nSPS) is 11.2. The van der Waals surface area contributed by atoms with Gasteiger partial charge in [-0.2, -0.15) is 0 Å². The van der Waals surface area contributed by atoms with Gasteiger partial charge in [0.2, 0.25) is 0 Å². The minimum atomic E-state index is -3.81. The third-order valence-electron chi connectivity index (χ3n) is 3.85. The first-order valence-corrected chi connectivity index (χ1v) is 10.7. The highest BCUT2D eigenvalue weighted by molar-refractivity contribution is 9.10. The average Bonchev–Trinajstić information content (AvgIpc) is 3.22. The largest absolute Gasteiger partial charge is 0.441 e. The zero-order valence-corrected chi connectivity index (χ0v) is 17.4. The summed E-state index contributed by atoms with van der Waals surface area (Å²) in [5, 5.41) is 2.59. The van der Waals surface area contributed by atoms with Crippen LogP contribution in [0.2, 0.25) is 0 Å². The molecule has 1 amide bonds. The first-order chi connectivity index (χ1) is 13.4. The maximum Gasteiger partial charge on any atom is 0.311 e. The Kier molecular flexibility index (Phi) is 6.15. The van der Waals surface area contributed by atoms with E-state index < -0.39 is 15.9 Å². The van der Waals surface area contributed by atoms with Crippen molar-refractivity contribution in [3.05, 3.63) is 71.4 Å². The fraction of sp³-hybridized carbons (Fsp3) is 0.158. The molecule has 1 aromatic heterocycles. The van der Waals surface area contributed by atoms with Crippen molar-refractivity contribution in [3.8, 4) is 0 Å². The van der Waals surface area contributed by atoms with Crippen LogP contribution in [-0.4, -0.2) is 25.9 Å². The van der Waals surface area contributed by atoms with Crippen molar-refractivity contribution in [2.45, 2.75) is 18.2 Å². The van der Waals surface area contributed by atoms with Crippen LogP contribution in [0.3, 0.4) is 0 Å². The number of carbonyl (C=O) groups excluding carboxylic acids is 1. The van der Waals surface area contributed by atoms with Gasteiger partial charge in [0, 0.05) is 16.7 Å². The third kappa shape index (κ3) is 4.42. The SMILES string of the molecule is CCCN(c1ccc(Br)cc1)S(=O)(=O)c1cccc(NC(=O)c2ncco2)c1. The number of halogens is 1. The van der Waals surface area contributed by atoms with E-state index in [9.17, 15) is 13.2 Å². The van der Waals surface area contributed by atoms with Crippen LogP contribution in [0.4, 0.5) is 11.4 Å². The van der Waals surface area contributed by atoms with Crippen LogP contribution in [0.25, 0.3) is 0 Å². The lowest BCUT2D eigenvalue weighted by Gasteiger charge is -2.24. The highest BCUT2D eigenvalue weighted by atomic mass is 79.9. The molecule has 0 unspecified atom stereocenters. The minimum absolute atomic E-state index is 0.0778. The van der Waals surface area contributed by atoms with Crippen molar-refractivity contribution in [1.29, 1.82) is 0 Å². The number of hydrogen-bond donors (Lipinski definition) is 1. The Hall–Kier alpha value is -2.65. The number of anilines is 2. The van der Waals surface area contributed by atoms with Gasteiger partial charge in [-0.05, 0) is 48.9 Å². The van der Waals surface area contributed by atoms with E-state index in [0.29, 0.717) is 24.3 Å². The van der Waals surface area contributed by atoms with E-state index in [-0.39, 0.29) is 10.8 Å². The summed E-state index contributed by atoms with van der Waals surface area (Å²) in [7, 11) is -3.81. The highest BCUT2D eigenvalue weighted by Crippen LogP contribution is 2.27. The maximum atomic E-state index is 13.2. The predicted octanol–water partition coefficient (Wildman–Crippen LogP) is 4.29. The molecule has 0 saturated heterocycles. The fourth-order valence-electron chi connectivity index (χ4n) is 2.58. The first kappa shape index (κ1) is 20.1. The standard InChI is InChI=1S/C19H18BrN3O4S/c1-2-11-23(16-8-6-14(20)7-9-16)28(25,26)17-5-3-4-15(13-17)22-18(24)19-21-10-12-27-19/h3-10,12-13H,2,11H2,1H3,(H,22,24). The van der Waals surface area contributed by atoms with E-state index in [0.717, 1.165) is 4.47 Å². The van der Waals surface area contributed by atoms with Gasteiger partial charge in [0.25, 0.3) is 15.9 Å². The van der Waals surface area contributed by atoms with Gasteiger partial charge in [0.05, 0.1) is 16.8 Å². The molecule has 0 atom stereocenters. The Labute approximate surface area is 171 Å². The molecule has 0 spiro atoms. The van der Waals surface area contributed by atoms with Gasteiger partial charge in [-0.1, -0.05) is 28.9 Å². The van der Waals surface area contributed by atoms with Gasteiger partial charge in [0.1, 0.15) is 6.26 Å². The number of nitrogens with zero attached hydrogens (tertiary/aromatic N) is 2. The second kappa shape index (κ2) is 8.57. The molecule has 7 nitrogen and oxygen atoms in total. The molecule has 0 aliphatic rings. The maximum absolute atomic E-state index is 13.2. The van der Waals surface area contributed by atoms with Crippen LogP contribution in [0, 0.1) is 0 Å². The number of carbonyl (C=O) groups is 1. The molecule has 3 rings (SSSR count). The topological polar surface area (TPSA) is 92.5 Å². The second-order valence-electron chi connectivity index (χ2n) is 5.87. The third-order valence-corrected chi connectivity index (χ3v) is 6.20. The second-order valence-corrected chi connectivity index (χ2v) is 8.65. The Morgan fingerprint density at radius 2 is 1.96 bits per heavy atom. The Morgan fingerprint density at radius 1 is 1.21 bits per heavy atom. The van der Waals surface area contributed by atoms with Gasteiger partial charge in [-0.3, -0.25) is 9.10 Å². The van der Waals surface area contributed by atoms with Gasteiger partial charge in [0.15, 0.2) is 0 Å². The minimum Gasteiger partial charge on any atom is -0.441 e. The number of hydrogen-bond acceptors (Lipinski definition) is 5. The quantitative estimate of drug-likeness (QED) is 0.563. The van der Waals surface area contributed by atoms with Gasteiger partial charge < -0.3 is 9.73 Å². The first-order valence-electron chi connectivity index (χ1n) is 8.51. The van der Waals surface area contributed by atoms with Gasteiger partial charge in [-0.25, -0.2) is 13.4 Å². The van der Waals surface area contributed by atoms with Gasteiger partial charge in [-0.15, -0.1) is 0 Å². The van der Waals surface area contributed by atoms with Crippen molar-refractivity contribution in [3.63, 3.8) is 0 Å². The molecular formula is C19H18BrN3O4S. The van der Waals surface area contributed by atoms with E-state index >= 15 is 0 Å². The highest BCUT2D eigenvalue weighted by Gasteiger charge is 2.25. The molecule has 1 N–H and O–H groups in total. The molecule has 2 aromatic carbocycles. The van der Waals surface area contributed by atoms with Crippen LogP contribution >= 0.6 is 15.9 Å². The number of benzene rings is 2. The van der Waals surface area contributed by atoms with E-state index in [2.05, 4.69) is 26.2 Å². The molecule has 1 heterocycles. The summed E-state index contributed by atoms with van der Waals surface area (Å²) in [6, 6.07) is 13.2. The Balaban J connectivity index is 1.91. The van der Waals surface area contributed by atoms with Crippen LogP contribution < -0.4 is 9.62 Å². The lowest BCUT2D eigenvalue weighted by atomic mass is 10.3. The molecular weight excluding hydrogens is 446 g/mol. The fourth-order valence-corrected chi connectivity index (χ4v) is 4.45. The van der Waals surface area contributed by atoms with Crippen molar-refractivity contribution in [2.24, 2.45) is 0 Å². The lowest BCUT2D eigenvalue weighted by molar-refractivity contribution is 0.0990. The molecule has 0 radical (unpaired) electrons. The number of aromatic nitrogens is 1. The molecule has 0 aliphatic heterocycles. The monoisotopic (exact) mass is 463 g/mol. The summed E-state index contributed by atoms with van der Waals surface area (Å²) >= 11 is 3.36. The molecule has 28 heavy (non-hydrogen) atoms. The van der Waals surface area contributed by atoms with Crippen LogP contribution in [0.5, 0.6) is 0 Å². The molecule has 3 aromatic rings. The summed E-state index contributed by atoms with van der Waals surface area (Å²) in [4.78, 5) is 15.9. The Morgan fingerprint density at radius 3 is 2.61 bits per heavy atom. The predicted molar refractivity (Wildman–Crippen MR) is 110 cm³/mol. The van der Waals surface area contributed by atoms with E-state index in [1.807, 2.05) is 6.92 Å². The summed E-state index contributed by atoms with van der Waals surface area (Å²) in [5.74, 6) is -0.659. The zero-order valence-electron chi connectivity index (χ0n) is 15.0. The number of sulfonamides is 1. The summed E-state index contributed by atoms with van der Waals surface area (Å²) in [5.41, 5.74) is 0.899. The smallest absolute Gasteiger partial charge is 0.311 e. The number of nitrogens with one attached hydrogen (secondary N) is 1. The van der Waals surface area contributed by atoms with Crippen molar-refractivity contribution < 1.29 is 17.6 Å². The van der Waals surface area contributed by atoms with E-state index in [1.54, 1.807) is 36.4 Å². The molecule has 0 aliphatic carbocycles. The van der Waals surface area contributed by atoms with Gasteiger partial charge >= 0.3 is 5.91 Å². The van der Waals surface area contributed by atoms with Crippen LogP contribution in [-0.2, 0) is 10.0 Å². The number of amides is 1. The average molecular weight is 464 g/mol. The van der Waals surface area contributed by atoms with Crippen molar-refractivity contribution >= 4 is 43.2 Å². The molecule has 0 fully saturated rings. The Bertz CT molecular complexity index is 1050. The van der Waals surface area contributed by atoms with E-state index in [1.165, 1.54) is 28.9 Å². The molecule has 0 saturated carbocycles.